The first-order valence-electron chi connectivity index (χ1n) is 7.65. The molecule has 0 fully saturated rings. The van der Waals surface area contributed by atoms with E-state index >= 15 is 0 Å². The average Bonchev–Trinajstić information content (AvgIpc) is 3.03. The highest BCUT2D eigenvalue weighted by Crippen LogP contribution is 2.19. The van der Waals surface area contributed by atoms with Crippen molar-refractivity contribution in [1.29, 1.82) is 0 Å². The molecule has 2 heterocycles. The van der Waals surface area contributed by atoms with Gasteiger partial charge in [0.05, 0.1) is 19.5 Å². The fourth-order valence-corrected chi connectivity index (χ4v) is 2.51. The minimum absolute atomic E-state index is 0. The van der Waals surface area contributed by atoms with E-state index in [4.69, 9.17) is 15.2 Å². The largest absolute Gasteiger partial charge is 0.374 e. The Bertz CT molecular complexity index is 899. The number of halogens is 1. The van der Waals surface area contributed by atoms with Crippen LogP contribution in [0.15, 0.2) is 41.5 Å². The number of anilines is 1. The normalized spacial score (nSPS) is 13.3. The maximum Gasteiger partial charge on any atom is 0.280 e. The van der Waals surface area contributed by atoms with Gasteiger partial charge < -0.3 is 24.9 Å². The molecule has 26 heavy (non-hydrogen) atoms. The number of benzene rings is 1. The van der Waals surface area contributed by atoms with E-state index in [0.717, 1.165) is 5.56 Å². The van der Waals surface area contributed by atoms with Gasteiger partial charge in [-0.15, -0.1) is 12.4 Å². The molecule has 0 spiro atoms. The molecule has 0 saturated heterocycles. The van der Waals surface area contributed by atoms with Gasteiger partial charge in [0.2, 0.25) is 5.95 Å². The fourth-order valence-electron chi connectivity index (χ4n) is 2.51. The number of aromatic amines is 1. The van der Waals surface area contributed by atoms with Crippen LogP contribution in [-0.2, 0) is 16.1 Å². The molecule has 2 unspecified atom stereocenters. The molecule has 1 aromatic carbocycles. The number of nitrogen functional groups attached to an aromatic ring is 1. The summed E-state index contributed by atoms with van der Waals surface area (Å²) < 4.78 is 12.3. The Balaban J connectivity index is 0.00000243. The minimum Gasteiger partial charge on any atom is -0.374 e. The number of nitrogens with one attached hydrogen (secondary N) is 1. The van der Waals surface area contributed by atoms with Crippen molar-refractivity contribution >= 4 is 29.5 Å². The number of ether oxygens (including phenoxy) is 2. The molecule has 4 N–H and O–H groups in total. The Kier molecular flexibility index (Phi) is 6.70. The van der Waals surface area contributed by atoms with E-state index in [1.165, 1.54) is 18.0 Å². The van der Waals surface area contributed by atoms with Crippen LogP contribution in [0.3, 0.4) is 0 Å². The summed E-state index contributed by atoms with van der Waals surface area (Å²) in [5.74, 6) is -0.0323. The van der Waals surface area contributed by atoms with Crippen LogP contribution >= 0.6 is 12.4 Å². The molecule has 0 aliphatic heterocycles. The number of rotatable bonds is 7. The van der Waals surface area contributed by atoms with Crippen molar-refractivity contribution in [3.8, 4) is 0 Å². The zero-order valence-corrected chi connectivity index (χ0v) is 14.8. The fraction of sp³-hybridized carbons (Fsp3) is 0.312. The van der Waals surface area contributed by atoms with Crippen LogP contribution in [0.2, 0.25) is 0 Å². The lowest BCUT2D eigenvalue weighted by molar-refractivity contribution is -0.123. The predicted molar refractivity (Wildman–Crippen MR) is 98.0 cm³/mol. The maximum absolute atomic E-state index is 11.9. The van der Waals surface area contributed by atoms with E-state index in [2.05, 4.69) is 15.0 Å². The summed E-state index contributed by atoms with van der Waals surface area (Å²) in [4.78, 5) is 22.4. The number of methoxy groups -OCH3 is 1. The highest BCUT2D eigenvalue weighted by atomic mass is 35.5. The van der Waals surface area contributed by atoms with Crippen LogP contribution in [0.25, 0.3) is 11.2 Å². The number of aromatic nitrogens is 4. The summed E-state index contributed by atoms with van der Waals surface area (Å²) >= 11 is 0. The number of fused-ring (bicyclic) bond motifs is 1. The summed E-state index contributed by atoms with van der Waals surface area (Å²) in [5.41, 5.74) is 6.55. The van der Waals surface area contributed by atoms with Crippen LogP contribution in [-0.4, -0.2) is 44.6 Å². The number of imidazole rings is 1. The topological polar surface area (TPSA) is 128 Å². The number of nitrogens with zero attached hydrogens (tertiary/aromatic N) is 3. The van der Waals surface area contributed by atoms with Crippen LogP contribution in [0.1, 0.15) is 11.6 Å². The second-order valence-corrected chi connectivity index (χ2v) is 5.47. The van der Waals surface area contributed by atoms with Crippen molar-refractivity contribution in [3.63, 3.8) is 0 Å². The SMILES string of the molecule is COC(O)C(COCc1ccccc1)n1cnc2c(=O)[nH]c(N)nc21.Cl. The zero-order chi connectivity index (χ0) is 17.8. The Labute approximate surface area is 155 Å². The van der Waals surface area contributed by atoms with Gasteiger partial charge in [0.1, 0.15) is 6.04 Å². The number of hydrogen-bond acceptors (Lipinski definition) is 7. The lowest BCUT2D eigenvalue weighted by Crippen LogP contribution is -2.30. The number of aliphatic hydroxyl groups excluding tert-OH is 1. The Morgan fingerprint density at radius 3 is 2.77 bits per heavy atom. The van der Waals surface area contributed by atoms with Crippen LogP contribution < -0.4 is 11.3 Å². The first kappa shape index (κ1) is 19.9. The monoisotopic (exact) mass is 381 g/mol. The van der Waals surface area contributed by atoms with Gasteiger partial charge >= 0.3 is 0 Å². The molecule has 3 aromatic rings. The van der Waals surface area contributed by atoms with Crippen molar-refractivity contribution in [2.75, 3.05) is 19.5 Å². The van der Waals surface area contributed by atoms with Gasteiger partial charge in [-0.05, 0) is 5.56 Å². The summed E-state index contributed by atoms with van der Waals surface area (Å²) in [5, 5.41) is 10.2. The quantitative estimate of drug-likeness (QED) is 0.517. The third kappa shape index (κ3) is 4.20. The molecule has 140 valence electrons. The van der Waals surface area contributed by atoms with Crippen molar-refractivity contribution in [2.45, 2.75) is 18.9 Å². The van der Waals surface area contributed by atoms with Gasteiger partial charge in [0.15, 0.2) is 17.5 Å². The number of nitrogens with two attached hydrogens (primary N) is 1. The molecule has 10 heteroatoms. The van der Waals surface area contributed by atoms with Crippen molar-refractivity contribution in [3.05, 3.63) is 52.6 Å². The molecular formula is C16H20ClN5O4. The van der Waals surface area contributed by atoms with E-state index < -0.39 is 17.9 Å². The summed E-state index contributed by atoms with van der Waals surface area (Å²) in [6.07, 6.45) is 0.237. The molecular weight excluding hydrogens is 362 g/mol. The van der Waals surface area contributed by atoms with Crippen molar-refractivity contribution < 1.29 is 14.6 Å². The lowest BCUT2D eigenvalue weighted by atomic mass is 10.2. The lowest BCUT2D eigenvalue weighted by Gasteiger charge is -2.23. The molecule has 9 nitrogen and oxygen atoms in total. The summed E-state index contributed by atoms with van der Waals surface area (Å²) in [6, 6.07) is 9.00. The Hall–Kier alpha value is -2.46. The van der Waals surface area contributed by atoms with Gasteiger partial charge in [-0.3, -0.25) is 9.78 Å². The maximum atomic E-state index is 11.9. The van der Waals surface area contributed by atoms with Gasteiger partial charge in [0.25, 0.3) is 5.56 Å². The number of H-pyrrole nitrogens is 1. The van der Waals surface area contributed by atoms with Crippen LogP contribution in [0, 0.1) is 0 Å². The van der Waals surface area contributed by atoms with E-state index in [1.807, 2.05) is 30.3 Å². The molecule has 0 aliphatic carbocycles. The average molecular weight is 382 g/mol. The smallest absolute Gasteiger partial charge is 0.280 e. The molecule has 0 aliphatic rings. The third-order valence-corrected chi connectivity index (χ3v) is 3.78. The van der Waals surface area contributed by atoms with Gasteiger partial charge in [0, 0.05) is 7.11 Å². The zero-order valence-electron chi connectivity index (χ0n) is 14.0. The molecule has 0 saturated carbocycles. The Morgan fingerprint density at radius 2 is 2.08 bits per heavy atom. The molecule has 2 aromatic heterocycles. The van der Waals surface area contributed by atoms with E-state index in [9.17, 15) is 9.90 Å². The summed E-state index contributed by atoms with van der Waals surface area (Å²) in [7, 11) is 1.38. The standard InChI is InChI=1S/C16H19N5O4.ClH/c1-24-15(23)11(8-25-7-10-5-3-2-4-6-10)21-9-18-12-13(21)19-16(17)20-14(12)22;/h2-6,9,11,15,23H,7-8H2,1H3,(H3,17,19,20,22);1H. The van der Waals surface area contributed by atoms with Crippen LogP contribution in [0.5, 0.6) is 0 Å². The highest BCUT2D eigenvalue weighted by Gasteiger charge is 2.24. The number of hydrogen-bond donors (Lipinski definition) is 3. The highest BCUT2D eigenvalue weighted by molar-refractivity contribution is 5.85. The third-order valence-electron chi connectivity index (χ3n) is 3.78. The first-order valence-corrected chi connectivity index (χ1v) is 7.65. The van der Waals surface area contributed by atoms with Crippen molar-refractivity contribution in [2.24, 2.45) is 0 Å². The summed E-state index contributed by atoms with van der Waals surface area (Å²) in [6.45, 7) is 0.500. The predicted octanol–water partition coefficient (Wildman–Crippen LogP) is 0.846. The van der Waals surface area contributed by atoms with Crippen LogP contribution in [0.4, 0.5) is 5.95 Å². The molecule has 0 radical (unpaired) electrons. The molecule has 0 bridgehead atoms. The Morgan fingerprint density at radius 1 is 1.35 bits per heavy atom. The second-order valence-electron chi connectivity index (χ2n) is 5.47. The van der Waals surface area contributed by atoms with Crippen molar-refractivity contribution in [1.82, 2.24) is 19.5 Å². The molecule has 2 atom stereocenters. The number of aliphatic hydroxyl groups is 1. The second kappa shape index (κ2) is 8.77. The van der Waals surface area contributed by atoms with Gasteiger partial charge in [-0.2, -0.15) is 4.98 Å². The molecule has 0 amide bonds. The van der Waals surface area contributed by atoms with E-state index in [0.29, 0.717) is 6.61 Å². The molecule has 3 rings (SSSR count). The van der Waals surface area contributed by atoms with E-state index in [1.54, 1.807) is 0 Å². The first-order chi connectivity index (χ1) is 12.1. The van der Waals surface area contributed by atoms with E-state index in [-0.39, 0.29) is 36.1 Å². The minimum atomic E-state index is -1.17. The van der Waals surface area contributed by atoms with Gasteiger partial charge in [-0.25, -0.2) is 4.98 Å². The van der Waals surface area contributed by atoms with Gasteiger partial charge in [-0.1, -0.05) is 30.3 Å².